The van der Waals surface area contributed by atoms with Crippen molar-refractivity contribution in [1.82, 2.24) is 19.3 Å². The smallest absolute Gasteiger partial charge is 0.337 e. The lowest BCUT2D eigenvalue weighted by molar-refractivity contribution is -0.146. The molecule has 0 aliphatic rings. The van der Waals surface area contributed by atoms with E-state index in [1.54, 1.807) is 23.7 Å². The highest BCUT2D eigenvalue weighted by atomic mass is 35.5. The molecule has 0 aliphatic heterocycles. The number of aliphatic hydroxyl groups excluding tert-OH is 1. The van der Waals surface area contributed by atoms with Crippen LogP contribution in [0.15, 0.2) is 36.7 Å². The Kier molecular flexibility index (Phi) is 5.33. The van der Waals surface area contributed by atoms with Crippen molar-refractivity contribution in [1.29, 1.82) is 0 Å². The second kappa shape index (κ2) is 7.83. The molecule has 0 saturated carbocycles. The number of aliphatic hydroxyl groups is 1. The fraction of sp³-hybridized carbons (Fsp3) is 0.261. The summed E-state index contributed by atoms with van der Waals surface area (Å²) in [5.74, 6) is -1.32. The van der Waals surface area contributed by atoms with Gasteiger partial charge in [0.1, 0.15) is 5.65 Å². The number of hydrogen-bond donors (Lipinski definition) is 2. The van der Waals surface area contributed by atoms with Crippen molar-refractivity contribution < 1.29 is 15.0 Å². The third kappa shape index (κ3) is 3.60. The molecule has 3 aromatic heterocycles. The van der Waals surface area contributed by atoms with Crippen molar-refractivity contribution in [3.8, 4) is 11.1 Å². The zero-order valence-corrected chi connectivity index (χ0v) is 18.5. The van der Waals surface area contributed by atoms with E-state index in [0.717, 1.165) is 33.4 Å². The first-order valence-corrected chi connectivity index (χ1v) is 10.2. The molecule has 7 nitrogen and oxygen atoms in total. The number of nitrogens with zero attached hydrogens (tertiary/aromatic N) is 4. The lowest BCUT2D eigenvalue weighted by Gasteiger charge is -2.18. The molecular weight excluding hydrogens is 416 g/mol. The van der Waals surface area contributed by atoms with Crippen molar-refractivity contribution in [3.05, 3.63) is 69.8 Å². The largest absolute Gasteiger partial charge is 0.479 e. The molecule has 8 heteroatoms. The van der Waals surface area contributed by atoms with Crippen LogP contribution in [-0.2, 0) is 18.4 Å². The topological polar surface area (TPSA) is 93.2 Å². The number of pyridine rings is 1. The van der Waals surface area contributed by atoms with Crippen LogP contribution in [-0.4, -0.2) is 35.5 Å². The number of carbonyl (C=O) groups is 1. The van der Waals surface area contributed by atoms with Gasteiger partial charge >= 0.3 is 5.97 Å². The Bertz CT molecular complexity index is 1310. The Hall–Kier alpha value is -3.16. The van der Waals surface area contributed by atoms with E-state index in [2.05, 4.69) is 9.67 Å². The SMILES string of the molecule is Cc1nc2c(c(C)c(C)n2Cc2cnn(C)c2)c(-c2ccc(Cl)cc2)c1[C@H](O)C(=O)O. The van der Waals surface area contributed by atoms with Crippen molar-refractivity contribution in [2.75, 3.05) is 0 Å². The number of fused-ring (bicyclic) bond motifs is 1. The molecule has 0 amide bonds. The summed E-state index contributed by atoms with van der Waals surface area (Å²) in [7, 11) is 1.87. The molecule has 0 unspecified atom stereocenters. The van der Waals surface area contributed by atoms with Gasteiger partial charge in [-0.15, -0.1) is 0 Å². The summed E-state index contributed by atoms with van der Waals surface area (Å²) in [4.78, 5) is 16.5. The monoisotopic (exact) mass is 438 g/mol. The van der Waals surface area contributed by atoms with Crippen LogP contribution in [0.25, 0.3) is 22.2 Å². The number of hydrogen-bond acceptors (Lipinski definition) is 4. The van der Waals surface area contributed by atoms with Gasteiger partial charge in [-0.05, 0) is 44.0 Å². The van der Waals surface area contributed by atoms with E-state index in [-0.39, 0.29) is 0 Å². The van der Waals surface area contributed by atoms with E-state index in [1.165, 1.54) is 0 Å². The molecule has 31 heavy (non-hydrogen) atoms. The maximum atomic E-state index is 11.7. The first-order chi connectivity index (χ1) is 14.7. The molecule has 3 heterocycles. The number of aromatic nitrogens is 4. The van der Waals surface area contributed by atoms with E-state index in [1.807, 2.05) is 45.4 Å². The number of carboxylic acid groups (broad SMARTS) is 1. The molecule has 2 N–H and O–H groups in total. The number of aliphatic carboxylic acids is 1. The molecule has 0 fully saturated rings. The summed E-state index contributed by atoms with van der Waals surface area (Å²) in [6, 6.07) is 7.18. The van der Waals surface area contributed by atoms with Crippen molar-refractivity contribution in [2.24, 2.45) is 7.05 Å². The average Bonchev–Trinajstić information content (AvgIpc) is 3.24. The predicted molar refractivity (Wildman–Crippen MR) is 119 cm³/mol. The van der Waals surface area contributed by atoms with Gasteiger partial charge in [0, 0.05) is 51.7 Å². The summed E-state index contributed by atoms with van der Waals surface area (Å²) in [6.45, 7) is 6.32. The lowest BCUT2D eigenvalue weighted by Crippen LogP contribution is -2.15. The van der Waals surface area contributed by atoms with Crippen LogP contribution in [0.2, 0.25) is 5.02 Å². The minimum atomic E-state index is -1.69. The maximum Gasteiger partial charge on any atom is 0.337 e. The zero-order valence-electron chi connectivity index (χ0n) is 17.7. The Labute approximate surface area is 184 Å². The van der Waals surface area contributed by atoms with Crippen LogP contribution in [0.4, 0.5) is 0 Å². The summed E-state index contributed by atoms with van der Waals surface area (Å²) in [5.41, 5.74) is 5.98. The molecule has 160 valence electrons. The molecule has 4 aromatic rings. The standard InChI is InChI=1S/C23H23ClN4O3/c1-12-14(3)28(11-15-9-25-27(4)10-15)22-18(12)20(16-5-7-17(24)8-6-16)19(13(2)26-22)21(29)23(30)31/h5-10,21,29H,11H2,1-4H3,(H,30,31)/t21-/m0/s1. The summed E-state index contributed by atoms with van der Waals surface area (Å²) in [6.07, 6.45) is 2.08. The van der Waals surface area contributed by atoms with E-state index >= 15 is 0 Å². The van der Waals surface area contributed by atoms with Crippen LogP contribution in [0.1, 0.15) is 34.2 Å². The Morgan fingerprint density at radius 1 is 1.19 bits per heavy atom. The van der Waals surface area contributed by atoms with Gasteiger partial charge in [-0.1, -0.05) is 23.7 Å². The maximum absolute atomic E-state index is 11.7. The molecule has 0 bridgehead atoms. The molecule has 0 saturated heterocycles. The molecule has 1 aromatic carbocycles. The van der Waals surface area contributed by atoms with Gasteiger partial charge in [0.15, 0.2) is 6.10 Å². The number of aryl methyl sites for hydroxylation is 3. The first-order valence-electron chi connectivity index (χ1n) is 9.83. The second-order valence-electron chi connectivity index (χ2n) is 7.75. The Balaban J connectivity index is 2.07. The van der Waals surface area contributed by atoms with Crippen LogP contribution in [0.3, 0.4) is 0 Å². The lowest BCUT2D eigenvalue weighted by atomic mass is 9.91. The number of rotatable bonds is 5. The molecule has 0 radical (unpaired) electrons. The number of carboxylic acids is 1. The van der Waals surface area contributed by atoms with Gasteiger partial charge in [-0.2, -0.15) is 5.10 Å². The van der Waals surface area contributed by atoms with Crippen molar-refractivity contribution in [2.45, 2.75) is 33.4 Å². The van der Waals surface area contributed by atoms with E-state index in [0.29, 0.717) is 28.4 Å². The number of halogens is 1. The van der Waals surface area contributed by atoms with Gasteiger partial charge in [-0.3, -0.25) is 4.68 Å². The highest BCUT2D eigenvalue weighted by Gasteiger charge is 2.28. The van der Waals surface area contributed by atoms with Gasteiger partial charge in [0.05, 0.1) is 12.7 Å². The van der Waals surface area contributed by atoms with Crippen LogP contribution in [0.5, 0.6) is 0 Å². The van der Waals surface area contributed by atoms with E-state index < -0.39 is 12.1 Å². The van der Waals surface area contributed by atoms with Crippen LogP contribution < -0.4 is 0 Å². The minimum Gasteiger partial charge on any atom is -0.479 e. The highest BCUT2D eigenvalue weighted by Crippen LogP contribution is 2.40. The fourth-order valence-corrected chi connectivity index (χ4v) is 4.23. The Morgan fingerprint density at radius 3 is 2.45 bits per heavy atom. The molecular formula is C23H23ClN4O3. The van der Waals surface area contributed by atoms with Crippen LogP contribution >= 0.6 is 11.6 Å². The normalized spacial score (nSPS) is 12.5. The Morgan fingerprint density at radius 2 is 1.87 bits per heavy atom. The predicted octanol–water partition coefficient (Wildman–Crippen LogP) is 4.18. The van der Waals surface area contributed by atoms with E-state index in [9.17, 15) is 15.0 Å². The first kappa shape index (κ1) is 21.1. The highest BCUT2D eigenvalue weighted by molar-refractivity contribution is 6.30. The van der Waals surface area contributed by atoms with Gasteiger partial charge < -0.3 is 14.8 Å². The van der Waals surface area contributed by atoms with E-state index in [4.69, 9.17) is 16.6 Å². The summed E-state index contributed by atoms with van der Waals surface area (Å²) < 4.78 is 3.85. The quantitative estimate of drug-likeness (QED) is 0.487. The fourth-order valence-electron chi connectivity index (χ4n) is 4.10. The second-order valence-corrected chi connectivity index (χ2v) is 8.19. The molecule has 0 spiro atoms. The molecule has 1 atom stereocenters. The summed E-state index contributed by atoms with van der Waals surface area (Å²) >= 11 is 6.09. The van der Waals surface area contributed by atoms with Crippen molar-refractivity contribution in [3.63, 3.8) is 0 Å². The van der Waals surface area contributed by atoms with Gasteiger partial charge in [0.2, 0.25) is 0 Å². The third-order valence-electron chi connectivity index (χ3n) is 5.72. The molecule has 4 rings (SSSR count). The number of benzene rings is 1. The molecule has 0 aliphatic carbocycles. The third-order valence-corrected chi connectivity index (χ3v) is 5.98. The van der Waals surface area contributed by atoms with Crippen LogP contribution in [0, 0.1) is 20.8 Å². The minimum absolute atomic E-state index is 0.295. The van der Waals surface area contributed by atoms with Gasteiger partial charge in [-0.25, -0.2) is 9.78 Å². The zero-order chi connectivity index (χ0) is 22.4. The summed E-state index contributed by atoms with van der Waals surface area (Å²) in [5, 5.41) is 25.8. The average molecular weight is 439 g/mol. The van der Waals surface area contributed by atoms with Gasteiger partial charge in [0.25, 0.3) is 0 Å². The van der Waals surface area contributed by atoms with Crippen molar-refractivity contribution >= 4 is 28.6 Å².